The molecule has 0 N–H and O–H groups in total. The van der Waals surface area contributed by atoms with Gasteiger partial charge >= 0.3 is 5.97 Å². The van der Waals surface area contributed by atoms with Gasteiger partial charge in [0.15, 0.2) is 46.5 Å². The van der Waals surface area contributed by atoms with Crippen LogP contribution in [0, 0.1) is 46.5 Å². The summed E-state index contributed by atoms with van der Waals surface area (Å²) in [5.74, 6) is -20.3. The zero-order valence-electron chi connectivity index (χ0n) is 13.7. The van der Waals surface area contributed by atoms with Crippen molar-refractivity contribution in [2.24, 2.45) is 10.2 Å². The Balaban J connectivity index is 2.47. The molecular formula is C14H2F8N6O2. The maximum absolute atomic E-state index is 13.8. The monoisotopic (exact) mass is 438 g/mol. The first-order valence-electron chi connectivity index (χ1n) is 7.06. The number of carbonyl (C=O) groups is 1. The van der Waals surface area contributed by atoms with Gasteiger partial charge in [0, 0.05) is 9.82 Å². The topological polar surface area (TPSA) is 124 Å². The molecule has 2 rings (SSSR count). The third-order valence-corrected chi connectivity index (χ3v) is 3.41. The van der Waals surface area contributed by atoms with Crippen molar-refractivity contribution in [2.45, 2.75) is 6.61 Å². The lowest BCUT2D eigenvalue weighted by Gasteiger charge is -2.12. The van der Waals surface area contributed by atoms with E-state index in [1.54, 1.807) is 0 Å². The molecule has 2 aromatic carbocycles. The Morgan fingerprint density at radius 2 is 1.07 bits per heavy atom. The van der Waals surface area contributed by atoms with Crippen LogP contribution in [0.3, 0.4) is 0 Å². The van der Waals surface area contributed by atoms with Crippen LogP contribution in [0.5, 0.6) is 0 Å². The van der Waals surface area contributed by atoms with E-state index < -0.39 is 81.6 Å². The van der Waals surface area contributed by atoms with Gasteiger partial charge in [-0.2, -0.15) is 0 Å². The summed E-state index contributed by atoms with van der Waals surface area (Å²) in [4.78, 5) is 15.6. The smallest absolute Gasteiger partial charge is 0.344 e. The second-order valence-corrected chi connectivity index (χ2v) is 5.02. The fraction of sp³-hybridized carbons (Fsp3) is 0.0714. The molecule has 0 aliphatic heterocycles. The van der Waals surface area contributed by atoms with E-state index >= 15 is 0 Å². The highest BCUT2D eigenvalue weighted by Crippen LogP contribution is 2.33. The second kappa shape index (κ2) is 8.55. The molecule has 0 spiro atoms. The minimum absolute atomic E-state index is 1.61. The van der Waals surface area contributed by atoms with E-state index in [-0.39, 0.29) is 0 Å². The molecule has 0 aliphatic carbocycles. The molecule has 0 atom stereocenters. The van der Waals surface area contributed by atoms with Crippen LogP contribution in [0.1, 0.15) is 15.9 Å². The molecule has 0 saturated heterocycles. The van der Waals surface area contributed by atoms with E-state index in [9.17, 15) is 39.9 Å². The summed E-state index contributed by atoms with van der Waals surface area (Å²) < 4.78 is 114. The summed E-state index contributed by atoms with van der Waals surface area (Å²) in [5.41, 5.74) is 9.18. The summed E-state index contributed by atoms with van der Waals surface area (Å²) in [7, 11) is 0. The van der Waals surface area contributed by atoms with E-state index in [1.165, 1.54) is 0 Å². The summed E-state index contributed by atoms with van der Waals surface area (Å²) in [5, 5.41) is 4.77. The van der Waals surface area contributed by atoms with Gasteiger partial charge in [-0.05, 0) is 11.1 Å². The molecule has 0 heterocycles. The van der Waals surface area contributed by atoms with Gasteiger partial charge in [-0.3, -0.25) is 0 Å². The Labute approximate surface area is 158 Å². The van der Waals surface area contributed by atoms with E-state index in [2.05, 4.69) is 15.0 Å². The molecule has 0 fully saturated rings. The van der Waals surface area contributed by atoms with Crippen molar-refractivity contribution in [1.82, 2.24) is 0 Å². The van der Waals surface area contributed by atoms with E-state index in [0.29, 0.717) is 0 Å². The van der Waals surface area contributed by atoms with E-state index in [0.717, 1.165) is 0 Å². The standard InChI is InChI=1S/C14H2F8N6O2/c15-4-2(5(16)9(20)12(8(4)19)25-27-23)1-30-14(29)3-6(17)10(21)13(26-28-24)11(22)7(3)18/h1H2. The lowest BCUT2D eigenvalue weighted by atomic mass is 10.1. The number of nitrogens with zero attached hydrogens (tertiary/aromatic N) is 6. The molecule has 156 valence electrons. The first-order chi connectivity index (χ1) is 14.1. The van der Waals surface area contributed by atoms with Gasteiger partial charge in [0.1, 0.15) is 23.5 Å². The van der Waals surface area contributed by atoms with Crippen molar-refractivity contribution in [2.75, 3.05) is 0 Å². The Morgan fingerprint density at radius 3 is 1.43 bits per heavy atom. The molecule has 2 aromatic rings. The average molecular weight is 438 g/mol. The van der Waals surface area contributed by atoms with Gasteiger partial charge < -0.3 is 4.74 Å². The number of rotatable bonds is 5. The largest absolute Gasteiger partial charge is 0.457 e. The van der Waals surface area contributed by atoms with Crippen molar-refractivity contribution < 1.29 is 44.7 Å². The number of azide groups is 2. The van der Waals surface area contributed by atoms with Crippen LogP contribution in [0.25, 0.3) is 20.9 Å². The number of hydrogen-bond donors (Lipinski definition) is 0. The number of carbonyl (C=O) groups excluding carboxylic acids is 1. The highest BCUT2D eigenvalue weighted by Gasteiger charge is 2.31. The number of ether oxygens (including phenoxy) is 1. The van der Waals surface area contributed by atoms with Gasteiger partial charge in [-0.1, -0.05) is 10.2 Å². The summed E-state index contributed by atoms with van der Waals surface area (Å²) >= 11 is 0. The zero-order chi connectivity index (χ0) is 22.7. The van der Waals surface area contributed by atoms with Crippen LogP contribution in [0.15, 0.2) is 10.2 Å². The van der Waals surface area contributed by atoms with Crippen LogP contribution in [0.4, 0.5) is 46.5 Å². The van der Waals surface area contributed by atoms with Crippen molar-refractivity contribution in [3.8, 4) is 0 Å². The number of hydrogen-bond acceptors (Lipinski definition) is 4. The maximum Gasteiger partial charge on any atom is 0.344 e. The van der Waals surface area contributed by atoms with E-state index in [1.807, 2.05) is 9.82 Å². The van der Waals surface area contributed by atoms with Crippen LogP contribution >= 0.6 is 0 Å². The van der Waals surface area contributed by atoms with E-state index in [4.69, 9.17) is 11.1 Å². The molecule has 0 radical (unpaired) electrons. The quantitative estimate of drug-likeness (QED) is 0.141. The summed E-state index contributed by atoms with van der Waals surface area (Å²) in [6.07, 6.45) is 0. The normalized spacial score (nSPS) is 10.3. The van der Waals surface area contributed by atoms with Gasteiger partial charge in [0.25, 0.3) is 0 Å². The van der Waals surface area contributed by atoms with Crippen LogP contribution in [-0.2, 0) is 11.3 Å². The highest BCUT2D eigenvalue weighted by molar-refractivity contribution is 5.90. The van der Waals surface area contributed by atoms with Crippen LogP contribution in [-0.4, -0.2) is 5.97 Å². The number of halogens is 8. The first-order valence-corrected chi connectivity index (χ1v) is 7.06. The predicted molar refractivity (Wildman–Crippen MR) is 79.3 cm³/mol. The van der Waals surface area contributed by atoms with Crippen molar-refractivity contribution in [1.29, 1.82) is 0 Å². The molecule has 30 heavy (non-hydrogen) atoms. The molecule has 0 unspecified atom stereocenters. The Kier molecular flexibility index (Phi) is 6.34. The average Bonchev–Trinajstić information content (AvgIpc) is 2.71. The number of esters is 1. The second-order valence-electron chi connectivity index (χ2n) is 5.02. The Bertz CT molecular complexity index is 1120. The van der Waals surface area contributed by atoms with Crippen molar-refractivity contribution in [3.63, 3.8) is 0 Å². The Morgan fingerprint density at radius 1 is 0.700 bits per heavy atom. The van der Waals surface area contributed by atoms with Gasteiger partial charge in [0.05, 0.1) is 5.56 Å². The lowest BCUT2D eigenvalue weighted by Crippen LogP contribution is -2.15. The molecule has 0 aromatic heterocycles. The molecular weight excluding hydrogens is 436 g/mol. The Hall–Kier alpha value is -4.03. The first kappa shape index (κ1) is 22.3. The maximum atomic E-state index is 13.8. The van der Waals surface area contributed by atoms with Gasteiger partial charge in [-0.25, -0.2) is 39.9 Å². The summed E-state index contributed by atoms with van der Waals surface area (Å²) in [6.45, 7) is -1.69. The SMILES string of the molecule is [N-]=[N+]=Nc1c(F)c(F)c(COC(=O)c2c(F)c(F)c(N=[N+]=[N-])c(F)c2F)c(F)c1F. The fourth-order valence-corrected chi connectivity index (χ4v) is 2.07. The highest BCUT2D eigenvalue weighted by atomic mass is 19.2. The lowest BCUT2D eigenvalue weighted by molar-refractivity contribution is 0.0449. The molecule has 0 bridgehead atoms. The minimum atomic E-state index is -2.38. The van der Waals surface area contributed by atoms with Gasteiger partial charge in [-0.15, -0.1) is 0 Å². The molecule has 0 aliphatic rings. The van der Waals surface area contributed by atoms with Crippen LogP contribution < -0.4 is 0 Å². The van der Waals surface area contributed by atoms with Crippen LogP contribution in [0.2, 0.25) is 0 Å². The van der Waals surface area contributed by atoms with Crippen molar-refractivity contribution in [3.05, 3.63) is 78.6 Å². The number of benzene rings is 2. The molecule has 0 saturated carbocycles. The molecule has 8 nitrogen and oxygen atoms in total. The summed E-state index contributed by atoms with van der Waals surface area (Å²) in [6, 6.07) is 0. The van der Waals surface area contributed by atoms with Gasteiger partial charge in [0.2, 0.25) is 0 Å². The molecule has 16 heteroatoms. The molecule has 0 amide bonds. The fourth-order valence-electron chi connectivity index (χ4n) is 2.07. The third-order valence-electron chi connectivity index (χ3n) is 3.41. The minimum Gasteiger partial charge on any atom is -0.457 e. The third kappa shape index (κ3) is 3.64. The van der Waals surface area contributed by atoms with Crippen molar-refractivity contribution >= 4 is 17.3 Å². The zero-order valence-corrected chi connectivity index (χ0v) is 13.7. The predicted octanol–water partition coefficient (Wildman–Crippen LogP) is 6.04.